The number of rotatable bonds is 7. The second-order valence-electron chi connectivity index (χ2n) is 4.47. The predicted octanol–water partition coefficient (Wildman–Crippen LogP) is 3.04. The van der Waals surface area contributed by atoms with Gasteiger partial charge in [0.25, 0.3) is 0 Å². The lowest BCUT2D eigenvalue weighted by Gasteiger charge is -2.11. The first-order valence-electron chi connectivity index (χ1n) is 6.05. The van der Waals surface area contributed by atoms with Crippen molar-refractivity contribution in [3.8, 4) is 5.75 Å². The van der Waals surface area contributed by atoms with Crippen LogP contribution in [0.5, 0.6) is 5.75 Å². The van der Waals surface area contributed by atoms with Crippen molar-refractivity contribution in [1.29, 1.82) is 0 Å². The molecule has 0 radical (unpaired) electrons. The zero-order chi connectivity index (χ0) is 11.8. The molecule has 0 fully saturated rings. The maximum absolute atomic E-state index is 8.93. The van der Waals surface area contributed by atoms with E-state index in [9.17, 15) is 0 Å². The molecule has 0 spiro atoms. The van der Waals surface area contributed by atoms with Crippen molar-refractivity contribution in [3.63, 3.8) is 0 Å². The molecule has 0 unspecified atom stereocenters. The van der Waals surface area contributed by atoms with Gasteiger partial charge < -0.3 is 9.84 Å². The van der Waals surface area contributed by atoms with Gasteiger partial charge >= 0.3 is 0 Å². The second-order valence-corrected chi connectivity index (χ2v) is 4.47. The quantitative estimate of drug-likeness (QED) is 0.718. The van der Waals surface area contributed by atoms with Crippen LogP contribution in [0.15, 0.2) is 24.3 Å². The van der Waals surface area contributed by atoms with Crippen molar-refractivity contribution in [2.45, 2.75) is 33.1 Å². The Kier molecular flexibility index (Phi) is 5.94. The van der Waals surface area contributed by atoms with E-state index in [4.69, 9.17) is 9.84 Å². The van der Waals surface area contributed by atoms with Gasteiger partial charge in [0, 0.05) is 6.61 Å². The van der Waals surface area contributed by atoms with Gasteiger partial charge in [0.2, 0.25) is 0 Å². The molecule has 2 nitrogen and oxygen atoms in total. The highest BCUT2D eigenvalue weighted by Crippen LogP contribution is 2.18. The molecule has 0 amide bonds. The maximum atomic E-state index is 8.93. The highest BCUT2D eigenvalue weighted by molar-refractivity contribution is 5.33. The Morgan fingerprint density at radius 3 is 2.69 bits per heavy atom. The summed E-state index contributed by atoms with van der Waals surface area (Å²) in [5.74, 6) is 1.65. The van der Waals surface area contributed by atoms with E-state index in [0.29, 0.717) is 6.42 Å². The Morgan fingerprint density at radius 1 is 1.25 bits per heavy atom. The van der Waals surface area contributed by atoms with Crippen molar-refractivity contribution in [1.82, 2.24) is 0 Å². The average Bonchev–Trinajstić information content (AvgIpc) is 2.26. The van der Waals surface area contributed by atoms with Gasteiger partial charge in [0.15, 0.2) is 0 Å². The predicted molar refractivity (Wildman–Crippen MR) is 66.8 cm³/mol. The molecule has 0 aliphatic carbocycles. The standard InChI is InChI=1S/C14H22O2/c1-12(2)6-5-11-16-14-8-4-3-7-13(14)9-10-15/h3-4,7-8,12,15H,5-6,9-11H2,1-2H3. The van der Waals surface area contributed by atoms with Crippen LogP contribution in [-0.2, 0) is 6.42 Å². The van der Waals surface area contributed by atoms with Gasteiger partial charge in [-0.05, 0) is 36.8 Å². The summed E-state index contributed by atoms with van der Waals surface area (Å²) in [6.07, 6.45) is 2.95. The van der Waals surface area contributed by atoms with Crippen LogP contribution in [0.3, 0.4) is 0 Å². The van der Waals surface area contributed by atoms with Gasteiger partial charge in [-0.1, -0.05) is 32.0 Å². The maximum Gasteiger partial charge on any atom is 0.122 e. The molecule has 1 N–H and O–H groups in total. The van der Waals surface area contributed by atoms with Crippen LogP contribution in [0, 0.1) is 5.92 Å². The monoisotopic (exact) mass is 222 g/mol. The van der Waals surface area contributed by atoms with Crippen LogP contribution in [-0.4, -0.2) is 18.3 Å². The van der Waals surface area contributed by atoms with Crippen LogP contribution < -0.4 is 4.74 Å². The summed E-state index contributed by atoms with van der Waals surface area (Å²) in [7, 11) is 0. The molecule has 0 saturated carbocycles. The first kappa shape index (κ1) is 13.0. The van der Waals surface area contributed by atoms with Gasteiger partial charge in [-0.2, -0.15) is 0 Å². The number of ether oxygens (including phenoxy) is 1. The molecular formula is C14H22O2. The fourth-order valence-electron chi connectivity index (χ4n) is 1.65. The Bertz CT molecular complexity index is 295. The van der Waals surface area contributed by atoms with E-state index >= 15 is 0 Å². The highest BCUT2D eigenvalue weighted by atomic mass is 16.5. The summed E-state index contributed by atoms with van der Waals surface area (Å²) >= 11 is 0. The van der Waals surface area contributed by atoms with Crippen LogP contribution in [0.2, 0.25) is 0 Å². The Labute approximate surface area is 98.3 Å². The van der Waals surface area contributed by atoms with E-state index in [1.54, 1.807) is 0 Å². The van der Waals surface area contributed by atoms with E-state index in [-0.39, 0.29) is 6.61 Å². The van der Waals surface area contributed by atoms with Gasteiger partial charge in [-0.25, -0.2) is 0 Å². The average molecular weight is 222 g/mol. The lowest BCUT2D eigenvalue weighted by Crippen LogP contribution is -2.02. The normalized spacial score (nSPS) is 10.8. The number of aliphatic hydroxyl groups is 1. The smallest absolute Gasteiger partial charge is 0.122 e. The number of aliphatic hydroxyl groups excluding tert-OH is 1. The largest absolute Gasteiger partial charge is 0.493 e. The third-order valence-corrected chi connectivity index (χ3v) is 2.54. The topological polar surface area (TPSA) is 29.5 Å². The van der Waals surface area contributed by atoms with Gasteiger partial charge in [-0.15, -0.1) is 0 Å². The first-order chi connectivity index (χ1) is 7.74. The lowest BCUT2D eigenvalue weighted by atomic mass is 10.1. The van der Waals surface area contributed by atoms with Crippen molar-refractivity contribution in [2.75, 3.05) is 13.2 Å². The Balaban J connectivity index is 2.40. The van der Waals surface area contributed by atoms with Crippen molar-refractivity contribution < 1.29 is 9.84 Å². The molecule has 90 valence electrons. The minimum Gasteiger partial charge on any atom is -0.493 e. The van der Waals surface area contributed by atoms with Crippen LogP contribution >= 0.6 is 0 Å². The summed E-state index contributed by atoms with van der Waals surface area (Å²) in [5, 5.41) is 8.93. The Hall–Kier alpha value is -1.02. The highest BCUT2D eigenvalue weighted by Gasteiger charge is 2.02. The molecule has 2 heteroatoms. The van der Waals surface area contributed by atoms with Crippen molar-refractivity contribution in [3.05, 3.63) is 29.8 Å². The molecule has 0 heterocycles. The number of para-hydroxylation sites is 1. The van der Waals surface area contributed by atoms with Crippen molar-refractivity contribution >= 4 is 0 Å². The van der Waals surface area contributed by atoms with E-state index in [0.717, 1.165) is 30.3 Å². The van der Waals surface area contributed by atoms with Crippen LogP contribution in [0.25, 0.3) is 0 Å². The van der Waals surface area contributed by atoms with E-state index in [2.05, 4.69) is 13.8 Å². The number of benzene rings is 1. The lowest BCUT2D eigenvalue weighted by molar-refractivity contribution is 0.281. The number of hydrogen-bond donors (Lipinski definition) is 1. The molecule has 0 aliphatic rings. The van der Waals surface area contributed by atoms with Gasteiger partial charge in [0.1, 0.15) is 5.75 Å². The van der Waals surface area contributed by atoms with E-state index in [1.807, 2.05) is 24.3 Å². The number of hydrogen-bond acceptors (Lipinski definition) is 2. The molecular weight excluding hydrogens is 200 g/mol. The summed E-state index contributed by atoms with van der Waals surface area (Å²) in [6.45, 7) is 5.38. The molecule has 1 aromatic carbocycles. The minimum absolute atomic E-state index is 0.173. The SMILES string of the molecule is CC(C)CCCOc1ccccc1CCO. The summed E-state index contributed by atoms with van der Waals surface area (Å²) in [6, 6.07) is 7.93. The molecule has 1 rings (SSSR count). The summed E-state index contributed by atoms with van der Waals surface area (Å²) in [4.78, 5) is 0. The van der Waals surface area contributed by atoms with Crippen LogP contribution in [0.1, 0.15) is 32.3 Å². The fourth-order valence-corrected chi connectivity index (χ4v) is 1.65. The molecule has 0 aliphatic heterocycles. The van der Waals surface area contributed by atoms with Gasteiger partial charge in [0.05, 0.1) is 6.61 Å². The zero-order valence-corrected chi connectivity index (χ0v) is 10.3. The summed E-state index contributed by atoms with van der Waals surface area (Å²) < 4.78 is 5.73. The first-order valence-corrected chi connectivity index (χ1v) is 6.05. The van der Waals surface area contributed by atoms with Crippen molar-refractivity contribution in [2.24, 2.45) is 5.92 Å². The second kappa shape index (κ2) is 7.29. The molecule has 1 aromatic rings. The third-order valence-electron chi connectivity index (χ3n) is 2.54. The molecule has 0 bridgehead atoms. The van der Waals surface area contributed by atoms with Crippen LogP contribution in [0.4, 0.5) is 0 Å². The molecule has 0 atom stereocenters. The van der Waals surface area contributed by atoms with E-state index < -0.39 is 0 Å². The third kappa shape index (κ3) is 4.67. The molecule has 0 aromatic heterocycles. The fraction of sp³-hybridized carbons (Fsp3) is 0.571. The zero-order valence-electron chi connectivity index (χ0n) is 10.3. The Morgan fingerprint density at radius 2 is 2.00 bits per heavy atom. The molecule has 16 heavy (non-hydrogen) atoms. The van der Waals surface area contributed by atoms with Gasteiger partial charge in [-0.3, -0.25) is 0 Å². The minimum atomic E-state index is 0.173. The summed E-state index contributed by atoms with van der Waals surface area (Å²) in [5.41, 5.74) is 1.09. The molecule has 0 saturated heterocycles. The van der Waals surface area contributed by atoms with E-state index in [1.165, 1.54) is 6.42 Å².